The van der Waals surface area contributed by atoms with Gasteiger partial charge >= 0.3 is 0 Å². The van der Waals surface area contributed by atoms with Crippen LogP contribution in [0.4, 0.5) is 0 Å². The van der Waals surface area contributed by atoms with Crippen LogP contribution in [0.15, 0.2) is 6.33 Å². The Labute approximate surface area is 80.6 Å². The molecule has 1 saturated carbocycles. The number of hydrogen-bond acceptors (Lipinski definition) is 5. The Morgan fingerprint density at radius 1 is 1.64 bits per heavy atom. The Kier molecular flexibility index (Phi) is 2.40. The van der Waals surface area contributed by atoms with Gasteiger partial charge in [0.15, 0.2) is 0 Å². The van der Waals surface area contributed by atoms with Crippen molar-refractivity contribution in [2.45, 2.75) is 31.5 Å². The number of amides is 1. The van der Waals surface area contributed by atoms with Crippen LogP contribution in [0.1, 0.15) is 12.8 Å². The normalized spacial score (nSPS) is 25.5. The molecule has 2 rings (SSSR count). The van der Waals surface area contributed by atoms with E-state index in [9.17, 15) is 4.79 Å². The van der Waals surface area contributed by atoms with Gasteiger partial charge in [-0.05, 0) is 23.3 Å². The molecule has 1 aliphatic carbocycles. The molecule has 0 aromatic carbocycles. The minimum Gasteiger partial charge on any atom is -0.352 e. The van der Waals surface area contributed by atoms with Crippen LogP contribution in [-0.2, 0) is 11.3 Å². The van der Waals surface area contributed by atoms with E-state index in [0.29, 0.717) is 0 Å². The zero-order valence-electron chi connectivity index (χ0n) is 7.63. The molecule has 1 heterocycles. The van der Waals surface area contributed by atoms with Gasteiger partial charge in [-0.15, -0.1) is 5.10 Å². The average Bonchev–Trinajstić information content (AvgIpc) is 2.54. The minimum absolute atomic E-state index is 0.0748. The van der Waals surface area contributed by atoms with Gasteiger partial charge in [-0.3, -0.25) is 4.79 Å². The maximum Gasteiger partial charge on any atom is 0.242 e. The molecule has 1 amide bonds. The molecule has 3 N–H and O–H groups in total. The van der Waals surface area contributed by atoms with E-state index < -0.39 is 0 Å². The Balaban J connectivity index is 1.74. The van der Waals surface area contributed by atoms with Gasteiger partial charge < -0.3 is 11.1 Å². The number of rotatable bonds is 3. The monoisotopic (exact) mass is 196 g/mol. The maximum absolute atomic E-state index is 11.4. The lowest BCUT2D eigenvalue weighted by molar-refractivity contribution is -0.123. The van der Waals surface area contributed by atoms with Crippen molar-refractivity contribution in [3.05, 3.63) is 6.33 Å². The first-order valence-corrected chi connectivity index (χ1v) is 4.50. The molecule has 14 heavy (non-hydrogen) atoms. The second-order valence-electron chi connectivity index (χ2n) is 3.50. The van der Waals surface area contributed by atoms with Crippen molar-refractivity contribution in [1.29, 1.82) is 0 Å². The Morgan fingerprint density at radius 2 is 2.43 bits per heavy atom. The second kappa shape index (κ2) is 3.70. The van der Waals surface area contributed by atoms with Gasteiger partial charge in [0.25, 0.3) is 0 Å². The predicted molar refractivity (Wildman–Crippen MR) is 47.0 cm³/mol. The lowest BCUT2D eigenvalue weighted by atomic mass is 9.88. The Morgan fingerprint density at radius 3 is 3.00 bits per heavy atom. The topological polar surface area (TPSA) is 98.7 Å². The fourth-order valence-corrected chi connectivity index (χ4v) is 1.45. The van der Waals surface area contributed by atoms with Gasteiger partial charge in [0.1, 0.15) is 12.9 Å². The molecule has 1 aliphatic rings. The molecule has 1 aromatic rings. The van der Waals surface area contributed by atoms with Gasteiger partial charge in [0.2, 0.25) is 5.91 Å². The third-order valence-corrected chi connectivity index (χ3v) is 2.24. The summed E-state index contributed by atoms with van der Waals surface area (Å²) in [6, 6.07) is 0.474. The second-order valence-corrected chi connectivity index (χ2v) is 3.50. The van der Waals surface area contributed by atoms with E-state index in [1.165, 1.54) is 11.0 Å². The summed E-state index contributed by atoms with van der Waals surface area (Å²) >= 11 is 0. The Hall–Kier alpha value is -1.50. The smallest absolute Gasteiger partial charge is 0.242 e. The molecule has 1 aromatic heterocycles. The van der Waals surface area contributed by atoms with Gasteiger partial charge in [0, 0.05) is 12.1 Å². The minimum atomic E-state index is -0.0748. The number of nitrogens with two attached hydrogens (primary N) is 1. The van der Waals surface area contributed by atoms with Crippen molar-refractivity contribution < 1.29 is 4.79 Å². The van der Waals surface area contributed by atoms with Crippen molar-refractivity contribution in [2.75, 3.05) is 0 Å². The Bertz CT molecular complexity index is 304. The van der Waals surface area contributed by atoms with Crippen molar-refractivity contribution in [1.82, 2.24) is 25.5 Å². The van der Waals surface area contributed by atoms with E-state index in [4.69, 9.17) is 5.73 Å². The van der Waals surface area contributed by atoms with Crippen LogP contribution < -0.4 is 11.1 Å². The first kappa shape index (κ1) is 9.07. The number of nitrogens with zero attached hydrogens (tertiary/aromatic N) is 4. The highest BCUT2D eigenvalue weighted by atomic mass is 16.2. The average molecular weight is 196 g/mol. The lowest BCUT2D eigenvalue weighted by Gasteiger charge is -2.32. The zero-order chi connectivity index (χ0) is 9.97. The molecule has 0 bridgehead atoms. The summed E-state index contributed by atoms with van der Waals surface area (Å²) in [7, 11) is 0. The highest BCUT2D eigenvalue weighted by Gasteiger charge is 2.26. The van der Waals surface area contributed by atoms with Crippen LogP contribution in [0.25, 0.3) is 0 Å². The van der Waals surface area contributed by atoms with Gasteiger partial charge in [-0.25, -0.2) is 4.68 Å². The van der Waals surface area contributed by atoms with Crippen LogP contribution >= 0.6 is 0 Å². The molecule has 0 atom stereocenters. The molecule has 7 nitrogen and oxygen atoms in total. The van der Waals surface area contributed by atoms with Crippen LogP contribution in [0.3, 0.4) is 0 Å². The molecule has 0 spiro atoms. The summed E-state index contributed by atoms with van der Waals surface area (Å²) in [5.41, 5.74) is 5.59. The summed E-state index contributed by atoms with van der Waals surface area (Å²) in [5.74, 6) is -0.0748. The van der Waals surface area contributed by atoms with Crippen LogP contribution in [0.2, 0.25) is 0 Å². The SMILES string of the molecule is NC1CC(NC(=O)Cn2cnnn2)C1. The van der Waals surface area contributed by atoms with Gasteiger partial charge in [0.05, 0.1) is 0 Å². The van der Waals surface area contributed by atoms with Crippen molar-refractivity contribution >= 4 is 5.91 Å². The molecule has 0 saturated heterocycles. The lowest BCUT2D eigenvalue weighted by Crippen LogP contribution is -2.51. The summed E-state index contributed by atoms with van der Waals surface area (Å²) < 4.78 is 1.38. The summed E-state index contributed by atoms with van der Waals surface area (Å²) in [6.07, 6.45) is 3.13. The van der Waals surface area contributed by atoms with Crippen LogP contribution in [0, 0.1) is 0 Å². The van der Waals surface area contributed by atoms with Crippen molar-refractivity contribution in [3.8, 4) is 0 Å². The number of tetrazole rings is 1. The molecule has 76 valence electrons. The number of nitrogens with one attached hydrogen (secondary N) is 1. The largest absolute Gasteiger partial charge is 0.352 e. The molecule has 0 unspecified atom stereocenters. The quantitative estimate of drug-likeness (QED) is 0.599. The molecular weight excluding hydrogens is 184 g/mol. The van der Waals surface area contributed by atoms with Crippen molar-refractivity contribution in [3.63, 3.8) is 0 Å². The summed E-state index contributed by atoms with van der Waals surface area (Å²) in [6.45, 7) is 0.165. The molecular formula is C7H12N6O. The summed E-state index contributed by atoms with van der Waals surface area (Å²) in [5, 5.41) is 13.3. The standard InChI is InChI=1S/C7H12N6O/c8-5-1-6(2-5)10-7(14)3-13-4-9-11-12-13/h4-6H,1-3,8H2,(H,10,14). The third-order valence-electron chi connectivity index (χ3n) is 2.24. The van der Waals surface area contributed by atoms with E-state index in [1.807, 2.05) is 0 Å². The zero-order valence-corrected chi connectivity index (χ0v) is 7.63. The number of carbonyl (C=O) groups excluding carboxylic acids is 1. The van der Waals surface area contributed by atoms with E-state index in [-0.39, 0.29) is 24.5 Å². The van der Waals surface area contributed by atoms with E-state index in [2.05, 4.69) is 20.8 Å². The van der Waals surface area contributed by atoms with Crippen LogP contribution in [0.5, 0.6) is 0 Å². The predicted octanol–water partition coefficient (Wildman–Crippen LogP) is -1.72. The molecule has 0 aliphatic heterocycles. The number of hydrogen-bond donors (Lipinski definition) is 2. The first-order chi connectivity index (χ1) is 6.74. The van der Waals surface area contributed by atoms with Gasteiger partial charge in [-0.1, -0.05) is 0 Å². The highest BCUT2D eigenvalue weighted by Crippen LogP contribution is 2.16. The van der Waals surface area contributed by atoms with E-state index >= 15 is 0 Å². The first-order valence-electron chi connectivity index (χ1n) is 4.50. The fourth-order valence-electron chi connectivity index (χ4n) is 1.45. The van der Waals surface area contributed by atoms with Gasteiger partial charge in [-0.2, -0.15) is 0 Å². The molecule has 7 heteroatoms. The maximum atomic E-state index is 11.4. The highest BCUT2D eigenvalue weighted by molar-refractivity contribution is 5.76. The third kappa shape index (κ3) is 2.05. The number of carbonyl (C=O) groups is 1. The van der Waals surface area contributed by atoms with E-state index in [1.54, 1.807) is 0 Å². The van der Waals surface area contributed by atoms with E-state index in [0.717, 1.165) is 12.8 Å². The fraction of sp³-hybridized carbons (Fsp3) is 0.714. The van der Waals surface area contributed by atoms with Crippen LogP contribution in [-0.4, -0.2) is 38.2 Å². The summed E-state index contributed by atoms with van der Waals surface area (Å²) in [4.78, 5) is 11.4. The number of aromatic nitrogens is 4. The van der Waals surface area contributed by atoms with Crippen molar-refractivity contribution in [2.24, 2.45) is 5.73 Å². The molecule has 1 fully saturated rings. The molecule has 0 radical (unpaired) electrons.